The predicted octanol–water partition coefficient (Wildman–Crippen LogP) is 1.22. The lowest BCUT2D eigenvalue weighted by Gasteiger charge is -2.33. The van der Waals surface area contributed by atoms with Crippen LogP contribution in [0.4, 0.5) is 5.69 Å². The first-order chi connectivity index (χ1) is 12.1. The van der Waals surface area contributed by atoms with Gasteiger partial charge in [-0.05, 0) is 30.3 Å². The fraction of sp³-hybridized carbons (Fsp3) is 0.167. The molecule has 1 aliphatic heterocycles. The van der Waals surface area contributed by atoms with E-state index in [2.05, 4.69) is 0 Å². The summed E-state index contributed by atoms with van der Waals surface area (Å²) in [5.74, 6) is -0.155. The Hall–Kier alpha value is -3.53. The third kappa shape index (κ3) is 3.53. The van der Waals surface area contributed by atoms with Gasteiger partial charge in [-0.25, -0.2) is 0 Å². The van der Waals surface area contributed by atoms with E-state index in [9.17, 15) is 9.59 Å². The molecule has 126 valence electrons. The SMILES string of the molecule is N#Cc1cccc(OCC(=O)N2C[C@H](C(N)=O)Oc3ccccc32)c1. The highest BCUT2D eigenvalue weighted by Gasteiger charge is 2.32. The molecule has 7 nitrogen and oxygen atoms in total. The van der Waals surface area contributed by atoms with Crippen LogP contribution in [0.5, 0.6) is 11.5 Å². The summed E-state index contributed by atoms with van der Waals surface area (Å²) in [6.07, 6.45) is -0.916. The summed E-state index contributed by atoms with van der Waals surface area (Å²) < 4.78 is 11.0. The molecular formula is C18H15N3O4. The first-order valence-electron chi connectivity index (χ1n) is 7.57. The number of amides is 2. The number of primary amides is 1. The third-order valence-electron chi connectivity index (χ3n) is 3.72. The molecule has 0 unspecified atom stereocenters. The Morgan fingerprint density at radius 1 is 1.28 bits per heavy atom. The Morgan fingerprint density at radius 2 is 2.08 bits per heavy atom. The van der Waals surface area contributed by atoms with Crippen LogP contribution in [-0.4, -0.2) is 31.1 Å². The van der Waals surface area contributed by atoms with E-state index in [1.54, 1.807) is 48.5 Å². The van der Waals surface area contributed by atoms with Gasteiger partial charge in [0.2, 0.25) is 0 Å². The highest BCUT2D eigenvalue weighted by Crippen LogP contribution is 2.33. The molecule has 0 aromatic heterocycles. The molecule has 1 atom stereocenters. The second-order valence-corrected chi connectivity index (χ2v) is 5.41. The highest BCUT2D eigenvalue weighted by atomic mass is 16.5. The number of benzene rings is 2. The number of carbonyl (C=O) groups excluding carboxylic acids is 2. The van der Waals surface area contributed by atoms with Crippen LogP contribution < -0.4 is 20.1 Å². The Labute approximate surface area is 144 Å². The van der Waals surface area contributed by atoms with Crippen molar-refractivity contribution < 1.29 is 19.1 Å². The summed E-state index contributed by atoms with van der Waals surface area (Å²) in [6.45, 7) is -0.221. The lowest BCUT2D eigenvalue weighted by atomic mass is 10.2. The zero-order valence-corrected chi connectivity index (χ0v) is 13.2. The Balaban J connectivity index is 1.76. The van der Waals surface area contributed by atoms with E-state index in [4.69, 9.17) is 20.5 Å². The number of hydrogen-bond donors (Lipinski definition) is 1. The van der Waals surface area contributed by atoms with E-state index in [1.807, 2.05) is 6.07 Å². The Morgan fingerprint density at radius 3 is 2.84 bits per heavy atom. The molecule has 7 heteroatoms. The molecule has 1 aliphatic rings. The second kappa shape index (κ2) is 6.93. The van der Waals surface area contributed by atoms with Crippen LogP contribution in [-0.2, 0) is 9.59 Å². The van der Waals surface area contributed by atoms with Crippen molar-refractivity contribution >= 4 is 17.5 Å². The molecule has 2 aromatic carbocycles. The van der Waals surface area contributed by atoms with Gasteiger partial charge in [-0.2, -0.15) is 5.26 Å². The maximum Gasteiger partial charge on any atom is 0.265 e. The fourth-order valence-electron chi connectivity index (χ4n) is 2.50. The molecule has 0 saturated heterocycles. The largest absolute Gasteiger partial charge is 0.484 e. The van der Waals surface area contributed by atoms with Gasteiger partial charge in [-0.3, -0.25) is 9.59 Å². The first-order valence-corrected chi connectivity index (χ1v) is 7.57. The predicted molar refractivity (Wildman–Crippen MR) is 89.1 cm³/mol. The average molecular weight is 337 g/mol. The van der Waals surface area contributed by atoms with Crippen LogP contribution >= 0.6 is 0 Å². The van der Waals surface area contributed by atoms with Gasteiger partial charge < -0.3 is 20.1 Å². The normalized spacial score (nSPS) is 15.5. The van der Waals surface area contributed by atoms with Crippen LogP contribution in [0.15, 0.2) is 48.5 Å². The lowest BCUT2D eigenvalue weighted by molar-refractivity contribution is -0.125. The molecule has 25 heavy (non-hydrogen) atoms. The quantitative estimate of drug-likeness (QED) is 0.903. The molecule has 1 heterocycles. The standard InChI is InChI=1S/C18H15N3O4/c19-9-12-4-3-5-13(8-12)24-11-17(22)21-10-16(18(20)23)25-15-7-2-1-6-14(15)21/h1-8,16H,10-11H2,(H2,20,23)/t16-/m1/s1. The number of nitrogens with two attached hydrogens (primary N) is 1. The van der Waals surface area contributed by atoms with E-state index in [1.165, 1.54) is 4.90 Å². The number of rotatable bonds is 4. The van der Waals surface area contributed by atoms with Crippen molar-refractivity contribution in [2.75, 3.05) is 18.1 Å². The van der Waals surface area contributed by atoms with E-state index in [-0.39, 0.29) is 19.1 Å². The number of ether oxygens (including phenoxy) is 2. The minimum atomic E-state index is -0.916. The molecule has 0 fully saturated rings. The molecule has 0 saturated carbocycles. The molecule has 2 N–H and O–H groups in total. The minimum absolute atomic E-state index is 0.0206. The molecule has 3 rings (SSSR count). The summed E-state index contributed by atoms with van der Waals surface area (Å²) in [7, 11) is 0. The van der Waals surface area contributed by atoms with Crippen molar-refractivity contribution in [3.05, 3.63) is 54.1 Å². The van der Waals surface area contributed by atoms with Gasteiger partial charge in [0.25, 0.3) is 11.8 Å². The molecule has 2 aromatic rings. The topological polar surface area (TPSA) is 106 Å². The molecule has 0 aliphatic carbocycles. The van der Waals surface area contributed by atoms with Crippen molar-refractivity contribution in [1.29, 1.82) is 5.26 Å². The number of carbonyl (C=O) groups is 2. The van der Waals surface area contributed by atoms with Gasteiger partial charge in [0.15, 0.2) is 12.7 Å². The summed E-state index contributed by atoms with van der Waals surface area (Å²) in [4.78, 5) is 25.5. The van der Waals surface area contributed by atoms with E-state index in [0.29, 0.717) is 22.7 Å². The summed E-state index contributed by atoms with van der Waals surface area (Å²) in [5, 5.41) is 8.90. The molecular weight excluding hydrogens is 322 g/mol. The van der Waals surface area contributed by atoms with Crippen molar-refractivity contribution in [3.63, 3.8) is 0 Å². The molecule has 0 radical (unpaired) electrons. The first kappa shape index (κ1) is 16.3. The average Bonchev–Trinajstić information content (AvgIpc) is 2.65. The monoisotopic (exact) mass is 337 g/mol. The number of hydrogen-bond acceptors (Lipinski definition) is 5. The fourth-order valence-corrected chi connectivity index (χ4v) is 2.50. The van der Waals surface area contributed by atoms with Crippen molar-refractivity contribution in [2.45, 2.75) is 6.10 Å². The molecule has 0 spiro atoms. The van der Waals surface area contributed by atoms with Crippen molar-refractivity contribution in [2.24, 2.45) is 5.73 Å². The highest BCUT2D eigenvalue weighted by molar-refractivity contribution is 5.98. The zero-order chi connectivity index (χ0) is 17.8. The summed E-state index contributed by atoms with van der Waals surface area (Å²) in [5.41, 5.74) is 6.32. The molecule has 0 bridgehead atoms. The minimum Gasteiger partial charge on any atom is -0.484 e. The van der Waals surface area contributed by atoms with Crippen molar-refractivity contribution in [1.82, 2.24) is 0 Å². The summed E-state index contributed by atoms with van der Waals surface area (Å²) in [6, 6.07) is 15.4. The lowest BCUT2D eigenvalue weighted by Crippen LogP contribution is -2.50. The van der Waals surface area contributed by atoms with E-state index >= 15 is 0 Å². The Bertz CT molecular complexity index is 859. The zero-order valence-electron chi connectivity index (χ0n) is 13.2. The van der Waals surface area contributed by atoms with Gasteiger partial charge in [-0.15, -0.1) is 0 Å². The number of nitriles is 1. The van der Waals surface area contributed by atoms with Gasteiger partial charge >= 0.3 is 0 Å². The second-order valence-electron chi connectivity index (χ2n) is 5.41. The smallest absolute Gasteiger partial charge is 0.265 e. The van der Waals surface area contributed by atoms with Crippen LogP contribution in [0.25, 0.3) is 0 Å². The maximum atomic E-state index is 12.6. The van der Waals surface area contributed by atoms with Crippen LogP contribution in [0.2, 0.25) is 0 Å². The number of nitrogens with zero attached hydrogens (tertiary/aromatic N) is 2. The number of anilines is 1. The van der Waals surface area contributed by atoms with E-state index < -0.39 is 12.0 Å². The van der Waals surface area contributed by atoms with Gasteiger partial charge in [0.05, 0.1) is 23.9 Å². The van der Waals surface area contributed by atoms with Gasteiger partial charge in [0, 0.05) is 0 Å². The maximum absolute atomic E-state index is 12.6. The van der Waals surface area contributed by atoms with Crippen LogP contribution in [0.3, 0.4) is 0 Å². The number of fused-ring (bicyclic) bond motifs is 1. The Kier molecular flexibility index (Phi) is 4.53. The molecule has 2 amide bonds. The summed E-state index contributed by atoms with van der Waals surface area (Å²) >= 11 is 0. The van der Waals surface area contributed by atoms with Crippen molar-refractivity contribution in [3.8, 4) is 17.6 Å². The van der Waals surface area contributed by atoms with Crippen LogP contribution in [0, 0.1) is 11.3 Å². The van der Waals surface area contributed by atoms with E-state index in [0.717, 1.165) is 0 Å². The third-order valence-corrected chi connectivity index (χ3v) is 3.72. The van der Waals surface area contributed by atoms with Crippen LogP contribution in [0.1, 0.15) is 5.56 Å². The number of para-hydroxylation sites is 2. The van der Waals surface area contributed by atoms with Gasteiger partial charge in [0.1, 0.15) is 11.5 Å². The van der Waals surface area contributed by atoms with Gasteiger partial charge in [-0.1, -0.05) is 18.2 Å².